The van der Waals surface area contributed by atoms with Gasteiger partial charge in [-0.05, 0) is 24.3 Å². The second-order valence-electron chi connectivity index (χ2n) is 4.42. The summed E-state index contributed by atoms with van der Waals surface area (Å²) in [5.41, 5.74) is 9.17. The van der Waals surface area contributed by atoms with E-state index in [0.29, 0.717) is 16.4 Å². The van der Waals surface area contributed by atoms with Gasteiger partial charge >= 0.3 is 0 Å². The number of para-hydroxylation sites is 1. The summed E-state index contributed by atoms with van der Waals surface area (Å²) in [6.45, 7) is 0. The Kier molecular flexibility index (Phi) is 3.02. The molecule has 96 valence electrons. The van der Waals surface area contributed by atoms with Gasteiger partial charge in [-0.25, -0.2) is 4.98 Å². The standard InChI is InChI=1S/C16H10ClN3/c17-11-5-6-12(14(19)8-11)13-7-10-3-1-2-4-15(10)20-16(13)9-18/h1-8H,19H2. The quantitative estimate of drug-likeness (QED) is 0.685. The molecule has 3 nitrogen and oxygen atoms in total. The fourth-order valence-corrected chi connectivity index (χ4v) is 2.37. The second-order valence-corrected chi connectivity index (χ2v) is 4.86. The zero-order valence-corrected chi connectivity index (χ0v) is 11.2. The summed E-state index contributed by atoms with van der Waals surface area (Å²) in [7, 11) is 0. The first-order chi connectivity index (χ1) is 9.69. The number of benzene rings is 2. The molecule has 0 bridgehead atoms. The molecule has 0 spiro atoms. The molecule has 0 amide bonds. The predicted molar refractivity (Wildman–Crippen MR) is 81.3 cm³/mol. The Morgan fingerprint density at radius 1 is 1.05 bits per heavy atom. The molecule has 0 atom stereocenters. The number of hydrogen-bond acceptors (Lipinski definition) is 3. The van der Waals surface area contributed by atoms with E-state index in [-0.39, 0.29) is 0 Å². The highest BCUT2D eigenvalue weighted by atomic mass is 35.5. The lowest BCUT2D eigenvalue weighted by Gasteiger charge is -2.09. The van der Waals surface area contributed by atoms with E-state index >= 15 is 0 Å². The third-order valence-corrected chi connectivity index (χ3v) is 3.37. The van der Waals surface area contributed by atoms with E-state index in [0.717, 1.165) is 22.0 Å². The van der Waals surface area contributed by atoms with Crippen molar-refractivity contribution < 1.29 is 0 Å². The van der Waals surface area contributed by atoms with Crippen molar-refractivity contribution >= 4 is 28.2 Å². The summed E-state index contributed by atoms with van der Waals surface area (Å²) >= 11 is 5.91. The van der Waals surface area contributed by atoms with Gasteiger partial charge in [0, 0.05) is 27.2 Å². The summed E-state index contributed by atoms with van der Waals surface area (Å²) in [5, 5.41) is 10.8. The van der Waals surface area contributed by atoms with Crippen molar-refractivity contribution in [2.24, 2.45) is 0 Å². The van der Waals surface area contributed by atoms with E-state index in [9.17, 15) is 5.26 Å². The third-order valence-electron chi connectivity index (χ3n) is 3.13. The Morgan fingerprint density at radius 2 is 1.85 bits per heavy atom. The Hall–Kier alpha value is -2.57. The van der Waals surface area contributed by atoms with Gasteiger partial charge in [-0.1, -0.05) is 35.9 Å². The highest BCUT2D eigenvalue weighted by molar-refractivity contribution is 6.31. The van der Waals surface area contributed by atoms with Crippen LogP contribution in [0.4, 0.5) is 5.69 Å². The Morgan fingerprint density at radius 3 is 2.60 bits per heavy atom. The molecule has 3 aromatic rings. The molecule has 4 heteroatoms. The van der Waals surface area contributed by atoms with Gasteiger partial charge in [-0.2, -0.15) is 5.26 Å². The lowest BCUT2D eigenvalue weighted by atomic mass is 10.0. The first-order valence-electron chi connectivity index (χ1n) is 6.04. The summed E-state index contributed by atoms with van der Waals surface area (Å²) in [6, 6.07) is 17.0. The summed E-state index contributed by atoms with van der Waals surface area (Å²) in [5.74, 6) is 0. The largest absolute Gasteiger partial charge is 0.398 e. The van der Waals surface area contributed by atoms with E-state index < -0.39 is 0 Å². The molecule has 0 radical (unpaired) electrons. The van der Waals surface area contributed by atoms with E-state index in [1.807, 2.05) is 36.4 Å². The van der Waals surface area contributed by atoms with Crippen LogP contribution < -0.4 is 5.73 Å². The van der Waals surface area contributed by atoms with Crippen molar-refractivity contribution in [2.45, 2.75) is 0 Å². The van der Waals surface area contributed by atoms with E-state index in [1.165, 1.54) is 0 Å². The van der Waals surface area contributed by atoms with Crippen molar-refractivity contribution in [2.75, 3.05) is 5.73 Å². The number of hydrogen-bond donors (Lipinski definition) is 1. The minimum Gasteiger partial charge on any atom is -0.398 e. The number of nitriles is 1. The Labute approximate surface area is 121 Å². The van der Waals surface area contributed by atoms with Gasteiger partial charge in [0.1, 0.15) is 11.8 Å². The van der Waals surface area contributed by atoms with Crippen molar-refractivity contribution in [3.05, 3.63) is 59.2 Å². The number of anilines is 1. The average Bonchev–Trinajstić information content (AvgIpc) is 2.46. The number of aromatic nitrogens is 1. The number of fused-ring (bicyclic) bond motifs is 1. The predicted octanol–water partition coefficient (Wildman–Crippen LogP) is 4.01. The maximum atomic E-state index is 9.31. The van der Waals surface area contributed by atoms with Gasteiger partial charge < -0.3 is 5.73 Å². The first kappa shape index (κ1) is 12.5. The summed E-state index contributed by atoms with van der Waals surface area (Å²) < 4.78 is 0. The van der Waals surface area contributed by atoms with Crippen LogP contribution in [0.5, 0.6) is 0 Å². The second kappa shape index (κ2) is 4.84. The minimum atomic E-state index is 0.359. The molecule has 20 heavy (non-hydrogen) atoms. The van der Waals surface area contributed by atoms with Crippen LogP contribution in [0.1, 0.15) is 5.69 Å². The third kappa shape index (κ3) is 2.07. The minimum absolute atomic E-state index is 0.359. The molecular weight excluding hydrogens is 270 g/mol. The SMILES string of the molecule is N#Cc1nc2ccccc2cc1-c1ccc(Cl)cc1N. The molecule has 0 aliphatic rings. The first-order valence-corrected chi connectivity index (χ1v) is 6.42. The van der Waals surface area contributed by atoms with Crippen molar-refractivity contribution in [1.29, 1.82) is 5.26 Å². The van der Waals surface area contributed by atoms with Gasteiger partial charge in [0.15, 0.2) is 0 Å². The average molecular weight is 280 g/mol. The molecule has 0 fully saturated rings. The van der Waals surface area contributed by atoms with Gasteiger partial charge in [0.2, 0.25) is 0 Å². The zero-order valence-electron chi connectivity index (χ0n) is 10.5. The van der Waals surface area contributed by atoms with Crippen LogP contribution in [-0.4, -0.2) is 4.98 Å². The topological polar surface area (TPSA) is 62.7 Å². The van der Waals surface area contributed by atoms with E-state index in [4.69, 9.17) is 17.3 Å². The number of rotatable bonds is 1. The van der Waals surface area contributed by atoms with Crippen LogP contribution in [0.3, 0.4) is 0 Å². The van der Waals surface area contributed by atoms with E-state index in [1.54, 1.807) is 12.1 Å². The Balaban J connectivity index is 2.32. The molecule has 0 aliphatic carbocycles. The lowest BCUT2D eigenvalue weighted by Crippen LogP contribution is -1.95. The van der Waals surface area contributed by atoms with Gasteiger partial charge in [-0.3, -0.25) is 0 Å². The van der Waals surface area contributed by atoms with E-state index in [2.05, 4.69) is 11.1 Å². The molecule has 0 unspecified atom stereocenters. The van der Waals surface area contributed by atoms with Crippen LogP contribution >= 0.6 is 11.6 Å². The highest BCUT2D eigenvalue weighted by Crippen LogP contribution is 2.32. The monoisotopic (exact) mass is 279 g/mol. The molecule has 2 aromatic carbocycles. The fraction of sp³-hybridized carbons (Fsp3) is 0. The summed E-state index contributed by atoms with van der Waals surface area (Å²) in [4.78, 5) is 4.38. The number of halogens is 1. The number of nitrogens with two attached hydrogens (primary N) is 1. The van der Waals surface area contributed by atoms with Crippen LogP contribution in [-0.2, 0) is 0 Å². The van der Waals surface area contributed by atoms with Crippen molar-refractivity contribution in [3.63, 3.8) is 0 Å². The van der Waals surface area contributed by atoms with Crippen LogP contribution in [0, 0.1) is 11.3 Å². The lowest BCUT2D eigenvalue weighted by molar-refractivity contribution is 1.32. The van der Waals surface area contributed by atoms with Crippen LogP contribution in [0.15, 0.2) is 48.5 Å². The van der Waals surface area contributed by atoms with Gasteiger partial charge in [0.25, 0.3) is 0 Å². The molecule has 1 heterocycles. The smallest absolute Gasteiger partial charge is 0.149 e. The van der Waals surface area contributed by atoms with Crippen molar-refractivity contribution in [3.8, 4) is 17.2 Å². The zero-order chi connectivity index (χ0) is 14.1. The highest BCUT2D eigenvalue weighted by Gasteiger charge is 2.11. The van der Waals surface area contributed by atoms with Gasteiger partial charge in [0.05, 0.1) is 5.52 Å². The summed E-state index contributed by atoms with van der Waals surface area (Å²) in [6.07, 6.45) is 0. The molecule has 2 N–H and O–H groups in total. The maximum absolute atomic E-state index is 9.31. The Bertz CT molecular complexity index is 850. The molecule has 1 aromatic heterocycles. The van der Waals surface area contributed by atoms with Crippen molar-refractivity contribution in [1.82, 2.24) is 4.98 Å². The van der Waals surface area contributed by atoms with Crippen LogP contribution in [0.2, 0.25) is 5.02 Å². The number of nitrogens with zero attached hydrogens (tertiary/aromatic N) is 2. The molecule has 0 saturated carbocycles. The number of nitrogen functional groups attached to an aromatic ring is 1. The molecular formula is C16H10ClN3. The fourth-order valence-electron chi connectivity index (χ4n) is 2.19. The van der Waals surface area contributed by atoms with Crippen LogP contribution in [0.25, 0.3) is 22.0 Å². The molecule has 3 rings (SSSR count). The normalized spacial score (nSPS) is 10.4. The molecule has 0 saturated heterocycles. The van der Waals surface area contributed by atoms with Gasteiger partial charge in [-0.15, -0.1) is 0 Å². The maximum Gasteiger partial charge on any atom is 0.149 e. The number of pyridine rings is 1. The molecule has 0 aliphatic heterocycles.